The summed E-state index contributed by atoms with van der Waals surface area (Å²) in [6.07, 6.45) is 6.07. The topological polar surface area (TPSA) is 37.3 Å². The molecule has 1 aromatic carbocycles. The van der Waals surface area contributed by atoms with Gasteiger partial charge in [-0.1, -0.05) is 19.3 Å². The Kier molecular flexibility index (Phi) is 4.73. The molecule has 0 unspecified atom stereocenters. The average Bonchev–Trinajstić information content (AvgIpc) is 2.40. The normalized spacial score (nSPS) is 17.9. The maximum absolute atomic E-state index is 13.6. The van der Waals surface area contributed by atoms with Gasteiger partial charge in [-0.3, -0.25) is 4.79 Å². The van der Waals surface area contributed by atoms with E-state index in [1.165, 1.54) is 6.07 Å². The second-order valence-electron chi connectivity index (χ2n) is 5.87. The zero-order valence-electron chi connectivity index (χ0n) is 11.5. The summed E-state index contributed by atoms with van der Waals surface area (Å²) in [5.41, 5.74) is 0.100. The van der Waals surface area contributed by atoms with Crippen molar-refractivity contribution in [3.05, 3.63) is 35.4 Å². The van der Waals surface area contributed by atoms with Crippen molar-refractivity contribution in [2.24, 2.45) is 5.41 Å². The first-order chi connectivity index (χ1) is 9.51. The van der Waals surface area contributed by atoms with Gasteiger partial charge in [0.05, 0.1) is 6.42 Å². The number of hydrogen-bond acceptors (Lipinski definition) is 1. The first-order valence-electron chi connectivity index (χ1n) is 7.17. The molecule has 1 fully saturated rings. The fourth-order valence-corrected chi connectivity index (χ4v) is 3.27. The van der Waals surface area contributed by atoms with E-state index in [0.717, 1.165) is 44.2 Å². The molecular weight excluding hydrogens is 262 g/mol. The Labute approximate surface area is 117 Å². The molecule has 20 heavy (non-hydrogen) atoms. The molecule has 0 saturated heterocycles. The summed E-state index contributed by atoms with van der Waals surface area (Å²) in [6.45, 7) is 0. The SMILES string of the molecule is O=C(O)CC1(CCc2cc(F)ccc2F)CCCCC1. The zero-order chi connectivity index (χ0) is 14.6. The first-order valence-corrected chi connectivity index (χ1v) is 7.17. The molecule has 2 rings (SSSR count). The van der Waals surface area contributed by atoms with Gasteiger partial charge in [0.2, 0.25) is 0 Å². The summed E-state index contributed by atoms with van der Waals surface area (Å²) in [6, 6.07) is 3.45. The summed E-state index contributed by atoms with van der Waals surface area (Å²) in [5.74, 6) is -1.66. The number of rotatable bonds is 5. The lowest BCUT2D eigenvalue weighted by atomic mass is 9.68. The van der Waals surface area contributed by atoms with Gasteiger partial charge in [0.15, 0.2) is 0 Å². The third-order valence-electron chi connectivity index (χ3n) is 4.37. The second-order valence-corrected chi connectivity index (χ2v) is 5.87. The highest BCUT2D eigenvalue weighted by Gasteiger charge is 2.34. The monoisotopic (exact) mass is 282 g/mol. The average molecular weight is 282 g/mol. The minimum atomic E-state index is -0.799. The molecule has 0 amide bonds. The minimum absolute atomic E-state index is 0.129. The number of benzene rings is 1. The number of halogens is 2. The van der Waals surface area contributed by atoms with Crippen LogP contribution in [0.25, 0.3) is 0 Å². The van der Waals surface area contributed by atoms with Crippen molar-refractivity contribution in [2.45, 2.75) is 51.4 Å². The fraction of sp³-hybridized carbons (Fsp3) is 0.562. The molecule has 0 radical (unpaired) electrons. The Morgan fingerprint density at radius 2 is 1.90 bits per heavy atom. The van der Waals surface area contributed by atoms with Gasteiger partial charge in [-0.2, -0.15) is 0 Å². The van der Waals surface area contributed by atoms with E-state index in [9.17, 15) is 13.6 Å². The van der Waals surface area contributed by atoms with Gasteiger partial charge in [0, 0.05) is 0 Å². The highest BCUT2D eigenvalue weighted by molar-refractivity contribution is 5.67. The van der Waals surface area contributed by atoms with Crippen LogP contribution in [0.15, 0.2) is 18.2 Å². The molecule has 2 nitrogen and oxygen atoms in total. The third kappa shape index (κ3) is 3.78. The maximum atomic E-state index is 13.6. The lowest BCUT2D eigenvalue weighted by molar-refractivity contribution is -0.140. The van der Waals surface area contributed by atoms with Crippen LogP contribution in [0, 0.1) is 17.0 Å². The number of carboxylic acids is 1. The van der Waals surface area contributed by atoms with Crippen molar-refractivity contribution >= 4 is 5.97 Å². The van der Waals surface area contributed by atoms with Gasteiger partial charge in [-0.05, 0) is 54.9 Å². The molecule has 1 aromatic rings. The first kappa shape index (κ1) is 14.9. The van der Waals surface area contributed by atoms with Crippen LogP contribution >= 0.6 is 0 Å². The van der Waals surface area contributed by atoms with Crippen LogP contribution in [0.4, 0.5) is 8.78 Å². The Morgan fingerprint density at radius 1 is 1.20 bits per heavy atom. The number of carbonyl (C=O) groups is 1. The maximum Gasteiger partial charge on any atom is 0.303 e. The molecule has 0 spiro atoms. The highest BCUT2D eigenvalue weighted by Crippen LogP contribution is 2.43. The molecule has 1 N–H and O–H groups in total. The van der Waals surface area contributed by atoms with Gasteiger partial charge in [0.1, 0.15) is 11.6 Å². The Balaban J connectivity index is 2.08. The van der Waals surface area contributed by atoms with Crippen LogP contribution in [0.3, 0.4) is 0 Å². The third-order valence-corrected chi connectivity index (χ3v) is 4.37. The molecule has 1 aliphatic carbocycles. The van der Waals surface area contributed by atoms with E-state index in [1.807, 2.05) is 0 Å². The van der Waals surface area contributed by atoms with E-state index in [4.69, 9.17) is 5.11 Å². The minimum Gasteiger partial charge on any atom is -0.481 e. The Hall–Kier alpha value is -1.45. The molecule has 4 heteroatoms. The quantitative estimate of drug-likeness (QED) is 0.873. The summed E-state index contributed by atoms with van der Waals surface area (Å²) >= 11 is 0. The van der Waals surface area contributed by atoms with E-state index < -0.39 is 17.6 Å². The molecule has 0 heterocycles. The van der Waals surface area contributed by atoms with Crippen molar-refractivity contribution in [3.8, 4) is 0 Å². The van der Waals surface area contributed by atoms with Gasteiger partial charge >= 0.3 is 5.97 Å². The second kappa shape index (κ2) is 6.33. The van der Waals surface area contributed by atoms with Crippen LogP contribution < -0.4 is 0 Å². The van der Waals surface area contributed by atoms with Crippen LogP contribution in [0.5, 0.6) is 0 Å². The zero-order valence-corrected chi connectivity index (χ0v) is 11.5. The number of carboxylic acid groups (broad SMARTS) is 1. The molecule has 0 bridgehead atoms. The standard InChI is InChI=1S/C16H20F2O2/c17-13-4-5-14(18)12(10-13)6-9-16(11-15(19)20)7-2-1-3-8-16/h4-5,10H,1-3,6-9,11H2,(H,19,20). The summed E-state index contributed by atoms with van der Waals surface area (Å²) in [5, 5.41) is 9.09. The number of hydrogen-bond donors (Lipinski definition) is 1. The summed E-state index contributed by atoms with van der Waals surface area (Å²) in [7, 11) is 0. The molecule has 0 aromatic heterocycles. The molecule has 0 atom stereocenters. The van der Waals surface area contributed by atoms with Crippen LogP contribution in [0.2, 0.25) is 0 Å². The van der Waals surface area contributed by atoms with Crippen molar-refractivity contribution < 1.29 is 18.7 Å². The van der Waals surface area contributed by atoms with Crippen LogP contribution in [-0.4, -0.2) is 11.1 Å². The van der Waals surface area contributed by atoms with Gasteiger partial charge < -0.3 is 5.11 Å². The van der Waals surface area contributed by atoms with Crippen LogP contribution in [-0.2, 0) is 11.2 Å². The van der Waals surface area contributed by atoms with Crippen molar-refractivity contribution in [2.75, 3.05) is 0 Å². The van der Waals surface area contributed by atoms with E-state index >= 15 is 0 Å². The molecular formula is C16H20F2O2. The van der Waals surface area contributed by atoms with E-state index in [1.54, 1.807) is 0 Å². The summed E-state index contributed by atoms with van der Waals surface area (Å²) in [4.78, 5) is 11.1. The van der Waals surface area contributed by atoms with Crippen molar-refractivity contribution in [3.63, 3.8) is 0 Å². The van der Waals surface area contributed by atoms with E-state index in [2.05, 4.69) is 0 Å². The molecule has 1 aliphatic rings. The number of aliphatic carboxylic acids is 1. The lowest BCUT2D eigenvalue weighted by Crippen LogP contribution is -2.28. The Morgan fingerprint density at radius 3 is 2.55 bits per heavy atom. The predicted molar refractivity (Wildman–Crippen MR) is 72.4 cm³/mol. The van der Waals surface area contributed by atoms with Crippen molar-refractivity contribution in [1.82, 2.24) is 0 Å². The largest absolute Gasteiger partial charge is 0.481 e. The smallest absolute Gasteiger partial charge is 0.303 e. The van der Waals surface area contributed by atoms with Gasteiger partial charge in [-0.15, -0.1) is 0 Å². The molecule has 0 aliphatic heterocycles. The van der Waals surface area contributed by atoms with Crippen LogP contribution in [0.1, 0.15) is 50.5 Å². The van der Waals surface area contributed by atoms with Crippen molar-refractivity contribution in [1.29, 1.82) is 0 Å². The number of aryl methyl sites for hydroxylation is 1. The fourth-order valence-electron chi connectivity index (χ4n) is 3.27. The predicted octanol–water partition coefficient (Wildman–Crippen LogP) is 4.32. The van der Waals surface area contributed by atoms with Gasteiger partial charge in [-0.25, -0.2) is 8.78 Å². The van der Waals surface area contributed by atoms with E-state index in [0.29, 0.717) is 18.4 Å². The van der Waals surface area contributed by atoms with E-state index in [-0.39, 0.29) is 11.8 Å². The van der Waals surface area contributed by atoms with Gasteiger partial charge in [0.25, 0.3) is 0 Å². The molecule has 110 valence electrons. The lowest BCUT2D eigenvalue weighted by Gasteiger charge is -2.36. The Bertz CT molecular complexity index is 479. The highest BCUT2D eigenvalue weighted by atomic mass is 19.1. The molecule has 1 saturated carbocycles. The summed E-state index contributed by atoms with van der Waals surface area (Å²) < 4.78 is 26.8.